The molecular weight excluding hydrogens is 274 g/mol. The monoisotopic (exact) mass is 293 g/mol. The van der Waals surface area contributed by atoms with E-state index in [1.54, 1.807) is 11.2 Å². The number of aryl methyl sites for hydroxylation is 1. The van der Waals surface area contributed by atoms with E-state index in [2.05, 4.69) is 24.3 Å². The first kappa shape index (κ1) is 14.4. The topological polar surface area (TPSA) is 33.5 Å². The lowest BCUT2D eigenvalue weighted by Gasteiger charge is -2.18. The molecule has 0 saturated heterocycles. The van der Waals surface area contributed by atoms with Crippen molar-refractivity contribution in [3.05, 3.63) is 72.2 Å². The van der Waals surface area contributed by atoms with Crippen molar-refractivity contribution < 1.29 is 9.21 Å². The van der Waals surface area contributed by atoms with E-state index in [1.807, 2.05) is 37.4 Å². The van der Waals surface area contributed by atoms with Crippen LogP contribution in [0.4, 0.5) is 0 Å². The first-order valence-corrected chi connectivity index (χ1v) is 7.47. The van der Waals surface area contributed by atoms with Gasteiger partial charge in [-0.25, -0.2) is 0 Å². The van der Waals surface area contributed by atoms with Gasteiger partial charge in [-0.2, -0.15) is 0 Å². The number of benzene rings is 2. The first-order valence-electron chi connectivity index (χ1n) is 7.47. The molecule has 3 heteroatoms. The van der Waals surface area contributed by atoms with Gasteiger partial charge in [0.1, 0.15) is 5.76 Å². The average Bonchev–Trinajstić information content (AvgIpc) is 3.06. The molecule has 0 aliphatic rings. The Bertz CT molecular complexity index is 757. The fourth-order valence-electron chi connectivity index (χ4n) is 2.65. The summed E-state index contributed by atoms with van der Waals surface area (Å²) in [6, 6.07) is 18.2. The van der Waals surface area contributed by atoms with E-state index >= 15 is 0 Å². The molecule has 0 aliphatic heterocycles. The summed E-state index contributed by atoms with van der Waals surface area (Å²) in [6.45, 7) is 0.623. The molecule has 3 aromatic rings. The molecule has 0 aliphatic carbocycles. The second-order valence-corrected chi connectivity index (χ2v) is 5.47. The maximum absolute atomic E-state index is 12.3. The molecule has 112 valence electrons. The number of hydrogen-bond donors (Lipinski definition) is 0. The Morgan fingerprint density at radius 3 is 2.68 bits per heavy atom. The maximum atomic E-state index is 12.3. The van der Waals surface area contributed by atoms with Crippen LogP contribution in [0.2, 0.25) is 0 Å². The van der Waals surface area contributed by atoms with Crippen molar-refractivity contribution in [3.8, 4) is 0 Å². The number of nitrogens with zero attached hydrogens (tertiary/aromatic N) is 1. The summed E-state index contributed by atoms with van der Waals surface area (Å²) in [4.78, 5) is 14.0. The van der Waals surface area contributed by atoms with Crippen LogP contribution in [-0.2, 0) is 17.8 Å². The Kier molecular flexibility index (Phi) is 4.24. The van der Waals surface area contributed by atoms with Crippen LogP contribution in [0.15, 0.2) is 65.3 Å². The van der Waals surface area contributed by atoms with Crippen molar-refractivity contribution in [3.63, 3.8) is 0 Å². The zero-order valence-electron chi connectivity index (χ0n) is 12.7. The minimum absolute atomic E-state index is 0.129. The highest BCUT2D eigenvalue weighted by Gasteiger charge is 2.11. The Morgan fingerprint density at radius 1 is 1.05 bits per heavy atom. The molecular formula is C19H19NO2. The van der Waals surface area contributed by atoms with Crippen molar-refractivity contribution in [2.24, 2.45) is 0 Å². The van der Waals surface area contributed by atoms with E-state index in [9.17, 15) is 4.79 Å². The molecule has 3 rings (SSSR count). The van der Waals surface area contributed by atoms with Crippen molar-refractivity contribution in [1.29, 1.82) is 0 Å². The lowest BCUT2D eigenvalue weighted by Crippen LogP contribution is -2.26. The molecule has 1 heterocycles. The number of furan rings is 1. The highest BCUT2D eigenvalue weighted by molar-refractivity contribution is 5.86. The van der Waals surface area contributed by atoms with Crippen LogP contribution in [0.5, 0.6) is 0 Å². The summed E-state index contributed by atoms with van der Waals surface area (Å²) in [7, 11) is 1.85. The molecule has 0 fully saturated rings. The van der Waals surface area contributed by atoms with Crippen LogP contribution in [0.25, 0.3) is 10.8 Å². The van der Waals surface area contributed by atoms with Crippen LogP contribution in [-0.4, -0.2) is 17.9 Å². The fourth-order valence-corrected chi connectivity index (χ4v) is 2.65. The van der Waals surface area contributed by atoms with Gasteiger partial charge in [0.05, 0.1) is 6.26 Å². The number of amides is 1. The van der Waals surface area contributed by atoms with Gasteiger partial charge in [0.15, 0.2) is 0 Å². The molecule has 2 aromatic carbocycles. The normalized spacial score (nSPS) is 10.8. The van der Waals surface area contributed by atoms with Gasteiger partial charge in [0.25, 0.3) is 0 Å². The number of hydrogen-bond acceptors (Lipinski definition) is 2. The third-order valence-electron chi connectivity index (χ3n) is 3.88. The smallest absolute Gasteiger partial charge is 0.223 e. The van der Waals surface area contributed by atoms with Gasteiger partial charge >= 0.3 is 0 Å². The van der Waals surface area contributed by atoms with Crippen LogP contribution < -0.4 is 0 Å². The number of fused-ring (bicyclic) bond motifs is 1. The van der Waals surface area contributed by atoms with Crippen molar-refractivity contribution >= 4 is 16.7 Å². The zero-order chi connectivity index (χ0) is 15.4. The predicted molar refractivity (Wildman–Crippen MR) is 87.5 cm³/mol. The van der Waals surface area contributed by atoms with Crippen molar-refractivity contribution in [1.82, 2.24) is 4.90 Å². The molecule has 1 aromatic heterocycles. The quantitative estimate of drug-likeness (QED) is 0.711. The van der Waals surface area contributed by atoms with Crippen LogP contribution >= 0.6 is 0 Å². The van der Waals surface area contributed by atoms with Crippen LogP contribution in [0.1, 0.15) is 17.7 Å². The Labute approximate surface area is 130 Å². The second kappa shape index (κ2) is 6.48. The lowest BCUT2D eigenvalue weighted by atomic mass is 10.0. The van der Waals surface area contributed by atoms with Gasteiger partial charge in [-0.3, -0.25) is 4.79 Å². The molecule has 3 nitrogen and oxygen atoms in total. The summed E-state index contributed by atoms with van der Waals surface area (Å²) in [6.07, 6.45) is 2.75. The van der Waals surface area contributed by atoms with E-state index < -0.39 is 0 Å². The van der Waals surface area contributed by atoms with Gasteiger partial charge in [-0.1, -0.05) is 42.5 Å². The Morgan fingerprint density at radius 2 is 1.86 bits per heavy atom. The van der Waals surface area contributed by atoms with Crippen molar-refractivity contribution in [2.75, 3.05) is 7.05 Å². The van der Waals surface area contributed by atoms with E-state index in [0.29, 0.717) is 19.4 Å². The molecule has 22 heavy (non-hydrogen) atoms. The average molecular weight is 293 g/mol. The summed E-state index contributed by atoms with van der Waals surface area (Å²) in [5.41, 5.74) is 1.17. The van der Waals surface area contributed by atoms with Gasteiger partial charge in [0.2, 0.25) is 5.91 Å². The maximum Gasteiger partial charge on any atom is 0.223 e. The molecule has 0 radical (unpaired) electrons. The molecule has 0 atom stereocenters. The van der Waals surface area contributed by atoms with E-state index in [1.165, 1.54) is 16.3 Å². The first-order chi connectivity index (χ1) is 10.7. The molecule has 0 spiro atoms. The standard InChI is InChI=1S/C19H19NO2/c1-20(19(21)12-11-17-9-5-13-22-17)14-16-8-4-7-15-6-2-3-10-18(15)16/h2-10,13H,11-12,14H2,1H3. The Hall–Kier alpha value is -2.55. The third-order valence-corrected chi connectivity index (χ3v) is 3.88. The third kappa shape index (κ3) is 3.19. The van der Waals surface area contributed by atoms with Gasteiger partial charge in [-0.15, -0.1) is 0 Å². The predicted octanol–water partition coefficient (Wildman–Crippen LogP) is 4.02. The Balaban J connectivity index is 1.67. The largest absolute Gasteiger partial charge is 0.469 e. The zero-order valence-corrected chi connectivity index (χ0v) is 12.7. The molecule has 0 unspecified atom stereocenters. The van der Waals surface area contributed by atoms with Gasteiger partial charge < -0.3 is 9.32 Å². The lowest BCUT2D eigenvalue weighted by molar-refractivity contribution is -0.130. The fraction of sp³-hybridized carbons (Fsp3) is 0.211. The van der Waals surface area contributed by atoms with Gasteiger partial charge in [-0.05, 0) is 28.5 Å². The van der Waals surface area contributed by atoms with Crippen LogP contribution in [0.3, 0.4) is 0 Å². The highest BCUT2D eigenvalue weighted by atomic mass is 16.3. The number of carbonyl (C=O) groups excluding carboxylic acids is 1. The molecule has 0 saturated carbocycles. The van der Waals surface area contributed by atoms with E-state index in [-0.39, 0.29) is 5.91 Å². The van der Waals surface area contributed by atoms with Crippen LogP contribution in [0, 0.1) is 0 Å². The summed E-state index contributed by atoms with van der Waals surface area (Å²) < 4.78 is 5.27. The number of rotatable bonds is 5. The molecule has 0 bridgehead atoms. The summed E-state index contributed by atoms with van der Waals surface area (Å²) in [5.74, 6) is 0.983. The summed E-state index contributed by atoms with van der Waals surface area (Å²) in [5, 5.41) is 2.41. The highest BCUT2D eigenvalue weighted by Crippen LogP contribution is 2.20. The minimum atomic E-state index is 0.129. The van der Waals surface area contributed by atoms with Crippen molar-refractivity contribution in [2.45, 2.75) is 19.4 Å². The van der Waals surface area contributed by atoms with Gasteiger partial charge in [0, 0.05) is 26.4 Å². The SMILES string of the molecule is CN(Cc1cccc2ccccc12)C(=O)CCc1ccco1. The molecule has 1 amide bonds. The van der Waals surface area contributed by atoms with E-state index in [4.69, 9.17) is 4.42 Å². The second-order valence-electron chi connectivity index (χ2n) is 5.47. The number of carbonyl (C=O) groups is 1. The van der Waals surface area contributed by atoms with E-state index in [0.717, 1.165) is 5.76 Å². The molecule has 0 N–H and O–H groups in total. The summed E-state index contributed by atoms with van der Waals surface area (Å²) >= 11 is 0. The minimum Gasteiger partial charge on any atom is -0.469 e.